The Morgan fingerprint density at radius 1 is 1.35 bits per heavy atom. The van der Waals surface area contributed by atoms with Crippen LogP contribution in [0.15, 0.2) is 24.3 Å². The first-order valence-corrected chi connectivity index (χ1v) is 7.59. The summed E-state index contributed by atoms with van der Waals surface area (Å²) >= 11 is 0. The molecule has 3 heteroatoms. The zero-order chi connectivity index (χ0) is 14.6. The monoisotopic (exact) mass is 279 g/mol. The van der Waals surface area contributed by atoms with Crippen molar-refractivity contribution in [1.82, 2.24) is 5.32 Å². The van der Waals surface area contributed by atoms with Gasteiger partial charge in [0.05, 0.1) is 6.10 Å². The maximum absolute atomic E-state index is 13.1. The predicted octanol–water partition coefficient (Wildman–Crippen LogP) is 3.65. The molecular formula is C17H26FNO. The maximum Gasteiger partial charge on any atom is 0.123 e. The van der Waals surface area contributed by atoms with Crippen molar-refractivity contribution < 1.29 is 9.13 Å². The minimum atomic E-state index is -0.176. The van der Waals surface area contributed by atoms with Gasteiger partial charge in [-0.25, -0.2) is 4.39 Å². The Hall–Kier alpha value is -0.930. The van der Waals surface area contributed by atoms with Crippen molar-refractivity contribution in [2.75, 3.05) is 13.7 Å². The molecule has 0 aromatic heterocycles. The number of benzene rings is 1. The highest BCUT2D eigenvalue weighted by molar-refractivity contribution is 5.26. The molecule has 1 aromatic rings. The third-order valence-electron chi connectivity index (χ3n) is 4.61. The van der Waals surface area contributed by atoms with E-state index < -0.39 is 0 Å². The van der Waals surface area contributed by atoms with Crippen LogP contribution < -0.4 is 5.32 Å². The number of rotatable bonds is 6. The Labute approximate surface area is 121 Å². The van der Waals surface area contributed by atoms with Gasteiger partial charge in [-0.15, -0.1) is 0 Å². The number of likely N-dealkylation sites (N-methyl/N-ethyl adjacent to an activating group) is 1. The Morgan fingerprint density at radius 2 is 2.05 bits per heavy atom. The molecule has 0 spiro atoms. The Bertz CT molecular complexity index is 410. The number of ether oxygens (including phenoxy) is 1. The SMILES string of the molecule is CNC(CCC1CCCO1)C(C)(C)c1ccc(F)cc1. The van der Waals surface area contributed by atoms with Crippen molar-refractivity contribution in [1.29, 1.82) is 0 Å². The van der Waals surface area contributed by atoms with Crippen molar-refractivity contribution >= 4 is 0 Å². The van der Waals surface area contributed by atoms with Crippen molar-refractivity contribution in [2.45, 2.75) is 57.1 Å². The molecule has 2 rings (SSSR count). The lowest BCUT2D eigenvalue weighted by Gasteiger charge is -2.35. The van der Waals surface area contributed by atoms with Crippen LogP contribution in [-0.4, -0.2) is 25.8 Å². The van der Waals surface area contributed by atoms with Crippen LogP contribution in [0.3, 0.4) is 0 Å². The first-order chi connectivity index (χ1) is 9.54. The van der Waals surface area contributed by atoms with Crippen LogP contribution in [0.4, 0.5) is 4.39 Å². The fourth-order valence-electron chi connectivity index (χ4n) is 3.17. The van der Waals surface area contributed by atoms with Crippen LogP contribution in [0, 0.1) is 5.82 Å². The summed E-state index contributed by atoms with van der Waals surface area (Å²) in [6.45, 7) is 5.35. The lowest BCUT2D eigenvalue weighted by Crippen LogP contribution is -2.43. The van der Waals surface area contributed by atoms with Crippen molar-refractivity contribution in [3.63, 3.8) is 0 Å². The summed E-state index contributed by atoms with van der Waals surface area (Å²) in [5.74, 6) is -0.176. The van der Waals surface area contributed by atoms with Crippen LogP contribution in [0.1, 0.15) is 45.1 Å². The van der Waals surface area contributed by atoms with E-state index in [4.69, 9.17) is 4.74 Å². The maximum atomic E-state index is 13.1. The molecule has 0 amide bonds. The van der Waals surface area contributed by atoms with E-state index in [0.717, 1.165) is 19.4 Å². The largest absolute Gasteiger partial charge is 0.378 e. The molecule has 2 atom stereocenters. The zero-order valence-electron chi connectivity index (χ0n) is 12.8. The molecule has 0 aliphatic carbocycles. The molecule has 20 heavy (non-hydrogen) atoms. The van der Waals surface area contributed by atoms with Gasteiger partial charge in [0.2, 0.25) is 0 Å². The van der Waals surface area contributed by atoms with Crippen molar-refractivity contribution in [2.24, 2.45) is 0 Å². The molecule has 2 unspecified atom stereocenters. The summed E-state index contributed by atoms with van der Waals surface area (Å²) in [6, 6.07) is 7.24. The summed E-state index contributed by atoms with van der Waals surface area (Å²) in [7, 11) is 2.01. The Kier molecular flexibility index (Phi) is 5.17. The van der Waals surface area contributed by atoms with E-state index in [0.29, 0.717) is 12.1 Å². The molecule has 2 nitrogen and oxygen atoms in total. The third-order valence-corrected chi connectivity index (χ3v) is 4.61. The molecule has 1 aromatic carbocycles. The molecule has 0 bridgehead atoms. The van der Waals surface area contributed by atoms with Crippen LogP contribution in [-0.2, 0) is 10.2 Å². The van der Waals surface area contributed by atoms with Gasteiger partial charge in [0.15, 0.2) is 0 Å². The smallest absolute Gasteiger partial charge is 0.123 e. The van der Waals surface area contributed by atoms with Gasteiger partial charge in [0, 0.05) is 18.1 Å². The van der Waals surface area contributed by atoms with Crippen molar-refractivity contribution in [3.8, 4) is 0 Å². The second kappa shape index (κ2) is 6.68. The molecule has 0 saturated carbocycles. The second-order valence-electron chi connectivity index (χ2n) is 6.28. The number of halogens is 1. The molecule has 1 N–H and O–H groups in total. The molecule has 1 aliphatic rings. The lowest BCUT2D eigenvalue weighted by atomic mass is 9.75. The topological polar surface area (TPSA) is 21.3 Å². The van der Waals surface area contributed by atoms with Gasteiger partial charge in [0.25, 0.3) is 0 Å². The molecule has 0 radical (unpaired) electrons. The van der Waals surface area contributed by atoms with Gasteiger partial charge >= 0.3 is 0 Å². The molecule has 112 valence electrons. The quantitative estimate of drug-likeness (QED) is 0.858. The van der Waals surface area contributed by atoms with Crippen molar-refractivity contribution in [3.05, 3.63) is 35.6 Å². The molecule has 1 aliphatic heterocycles. The molecular weight excluding hydrogens is 253 g/mol. The third kappa shape index (κ3) is 3.58. The lowest BCUT2D eigenvalue weighted by molar-refractivity contribution is 0.0970. The van der Waals surface area contributed by atoms with Gasteiger partial charge in [-0.2, -0.15) is 0 Å². The van der Waals surface area contributed by atoms with E-state index in [1.165, 1.54) is 18.4 Å². The normalized spacial score (nSPS) is 21.1. The fraction of sp³-hybridized carbons (Fsp3) is 0.647. The van der Waals surface area contributed by atoms with E-state index >= 15 is 0 Å². The van der Waals surface area contributed by atoms with Crippen LogP contribution in [0.2, 0.25) is 0 Å². The molecule has 1 saturated heterocycles. The van der Waals surface area contributed by atoms with E-state index in [9.17, 15) is 4.39 Å². The highest BCUT2D eigenvalue weighted by Crippen LogP contribution is 2.31. The summed E-state index contributed by atoms with van der Waals surface area (Å²) in [6.07, 6.45) is 4.97. The molecule has 1 heterocycles. The first kappa shape index (κ1) is 15.5. The summed E-state index contributed by atoms with van der Waals surface area (Å²) in [5.41, 5.74) is 1.15. The average molecular weight is 279 g/mol. The summed E-state index contributed by atoms with van der Waals surface area (Å²) in [5, 5.41) is 3.43. The van der Waals surface area contributed by atoms with Gasteiger partial charge < -0.3 is 10.1 Å². The number of nitrogens with one attached hydrogen (secondary N) is 1. The first-order valence-electron chi connectivity index (χ1n) is 7.59. The van der Waals surface area contributed by atoms with Gasteiger partial charge in [-0.05, 0) is 50.4 Å². The highest BCUT2D eigenvalue weighted by Gasteiger charge is 2.31. The van der Waals surface area contributed by atoms with E-state index in [-0.39, 0.29) is 11.2 Å². The van der Waals surface area contributed by atoms with E-state index in [1.54, 1.807) is 12.1 Å². The minimum Gasteiger partial charge on any atom is -0.378 e. The number of hydrogen-bond donors (Lipinski definition) is 1. The van der Waals surface area contributed by atoms with E-state index in [2.05, 4.69) is 19.2 Å². The Morgan fingerprint density at radius 3 is 2.60 bits per heavy atom. The highest BCUT2D eigenvalue weighted by atomic mass is 19.1. The van der Waals surface area contributed by atoms with Gasteiger partial charge in [-0.3, -0.25) is 0 Å². The predicted molar refractivity (Wildman–Crippen MR) is 80.5 cm³/mol. The van der Waals surface area contributed by atoms with Gasteiger partial charge in [0.1, 0.15) is 5.82 Å². The summed E-state index contributed by atoms with van der Waals surface area (Å²) < 4.78 is 18.8. The zero-order valence-corrected chi connectivity index (χ0v) is 12.8. The molecule has 1 fully saturated rings. The van der Waals surface area contributed by atoms with Crippen LogP contribution in [0.5, 0.6) is 0 Å². The van der Waals surface area contributed by atoms with Crippen LogP contribution >= 0.6 is 0 Å². The minimum absolute atomic E-state index is 0.0267. The standard InChI is InChI=1S/C17H26FNO/c1-17(2,13-6-8-14(18)9-7-13)16(19-3)11-10-15-5-4-12-20-15/h6-9,15-16,19H,4-5,10-12H2,1-3H3. The number of hydrogen-bond acceptors (Lipinski definition) is 2. The van der Waals surface area contributed by atoms with E-state index in [1.807, 2.05) is 19.2 Å². The van der Waals surface area contributed by atoms with Gasteiger partial charge in [-0.1, -0.05) is 26.0 Å². The average Bonchev–Trinajstić information content (AvgIpc) is 2.93. The van der Waals surface area contributed by atoms with Crippen LogP contribution in [0.25, 0.3) is 0 Å². The summed E-state index contributed by atoms with van der Waals surface area (Å²) in [4.78, 5) is 0. The second-order valence-corrected chi connectivity index (χ2v) is 6.28. The Balaban J connectivity index is 2.01. The fourth-order valence-corrected chi connectivity index (χ4v) is 3.17.